The SMILES string of the molecule is O=C(Nc1nc(-c2ccccc2)cs1)c1ccc2n[nH]nc2c1. The molecule has 0 saturated carbocycles. The van der Waals surface area contributed by atoms with Gasteiger partial charge < -0.3 is 0 Å². The second-order valence-electron chi connectivity index (χ2n) is 4.89. The van der Waals surface area contributed by atoms with Gasteiger partial charge in [0.1, 0.15) is 11.0 Å². The number of aromatic amines is 1. The number of fused-ring (bicyclic) bond motifs is 1. The number of anilines is 1. The van der Waals surface area contributed by atoms with E-state index in [0.717, 1.165) is 16.8 Å². The van der Waals surface area contributed by atoms with Crippen molar-refractivity contribution in [3.05, 3.63) is 59.5 Å². The number of hydrogen-bond donors (Lipinski definition) is 2. The fraction of sp³-hybridized carbons (Fsp3) is 0. The second-order valence-corrected chi connectivity index (χ2v) is 5.74. The molecular weight excluding hydrogens is 310 g/mol. The molecule has 0 spiro atoms. The number of rotatable bonds is 3. The Labute approximate surface area is 135 Å². The summed E-state index contributed by atoms with van der Waals surface area (Å²) in [4.78, 5) is 16.8. The van der Waals surface area contributed by atoms with Crippen molar-refractivity contribution in [3.63, 3.8) is 0 Å². The van der Waals surface area contributed by atoms with Crippen LogP contribution in [0.1, 0.15) is 10.4 Å². The summed E-state index contributed by atoms with van der Waals surface area (Å²) in [6, 6.07) is 15.0. The molecule has 1 amide bonds. The summed E-state index contributed by atoms with van der Waals surface area (Å²) >= 11 is 1.40. The summed E-state index contributed by atoms with van der Waals surface area (Å²) in [6.45, 7) is 0. The highest BCUT2D eigenvalue weighted by molar-refractivity contribution is 7.14. The van der Waals surface area contributed by atoms with Crippen LogP contribution in [-0.2, 0) is 0 Å². The zero-order valence-electron chi connectivity index (χ0n) is 11.9. The molecular formula is C16H11N5OS. The largest absolute Gasteiger partial charge is 0.298 e. The molecule has 2 aromatic heterocycles. The first-order valence-electron chi connectivity index (χ1n) is 6.92. The molecule has 0 aliphatic heterocycles. The average Bonchev–Trinajstić information content (AvgIpc) is 3.24. The molecule has 0 fully saturated rings. The fourth-order valence-electron chi connectivity index (χ4n) is 2.22. The number of hydrogen-bond acceptors (Lipinski definition) is 5. The number of H-pyrrole nitrogens is 1. The van der Waals surface area contributed by atoms with E-state index in [-0.39, 0.29) is 5.91 Å². The molecule has 2 aromatic carbocycles. The standard InChI is InChI=1S/C16H11N5OS/c22-15(11-6-7-12-13(8-11)20-21-19-12)18-16-17-14(9-23-16)10-4-2-1-3-5-10/h1-9H,(H,17,18,22)(H,19,20,21). The number of amides is 1. The van der Waals surface area contributed by atoms with E-state index in [0.29, 0.717) is 16.2 Å². The number of carbonyl (C=O) groups excluding carboxylic acids is 1. The Hall–Kier alpha value is -3.06. The highest BCUT2D eigenvalue weighted by Gasteiger charge is 2.11. The monoisotopic (exact) mass is 321 g/mol. The molecule has 0 aliphatic carbocycles. The van der Waals surface area contributed by atoms with Crippen molar-refractivity contribution in [2.75, 3.05) is 5.32 Å². The molecule has 2 heterocycles. The van der Waals surface area contributed by atoms with Crippen molar-refractivity contribution >= 4 is 33.4 Å². The second kappa shape index (κ2) is 5.62. The smallest absolute Gasteiger partial charge is 0.257 e. The van der Waals surface area contributed by atoms with E-state index >= 15 is 0 Å². The lowest BCUT2D eigenvalue weighted by Gasteiger charge is -2.01. The van der Waals surface area contributed by atoms with E-state index in [4.69, 9.17) is 0 Å². The predicted octanol–water partition coefficient (Wildman–Crippen LogP) is 3.33. The van der Waals surface area contributed by atoms with Gasteiger partial charge in [-0.05, 0) is 18.2 Å². The van der Waals surface area contributed by atoms with Gasteiger partial charge in [0.2, 0.25) is 0 Å². The summed E-state index contributed by atoms with van der Waals surface area (Å²) in [5, 5.41) is 15.8. The Morgan fingerprint density at radius 2 is 1.87 bits per heavy atom. The third kappa shape index (κ3) is 2.69. The summed E-state index contributed by atoms with van der Waals surface area (Å²) in [7, 11) is 0. The molecule has 112 valence electrons. The maximum atomic E-state index is 12.3. The van der Waals surface area contributed by atoms with Gasteiger partial charge in [-0.3, -0.25) is 10.1 Å². The van der Waals surface area contributed by atoms with Gasteiger partial charge in [0, 0.05) is 16.5 Å². The van der Waals surface area contributed by atoms with Crippen LogP contribution in [0.3, 0.4) is 0 Å². The van der Waals surface area contributed by atoms with Crippen molar-refractivity contribution in [2.45, 2.75) is 0 Å². The van der Waals surface area contributed by atoms with Crippen LogP contribution in [0.4, 0.5) is 5.13 Å². The molecule has 23 heavy (non-hydrogen) atoms. The first-order chi connectivity index (χ1) is 11.3. The van der Waals surface area contributed by atoms with Gasteiger partial charge in [-0.25, -0.2) is 4.98 Å². The summed E-state index contributed by atoms with van der Waals surface area (Å²) in [5.74, 6) is -0.219. The Morgan fingerprint density at radius 3 is 2.74 bits per heavy atom. The third-order valence-corrected chi connectivity index (χ3v) is 4.13. The van der Waals surface area contributed by atoms with E-state index in [1.807, 2.05) is 35.7 Å². The van der Waals surface area contributed by atoms with Gasteiger partial charge in [0.25, 0.3) is 5.91 Å². The number of benzene rings is 2. The normalized spacial score (nSPS) is 10.8. The van der Waals surface area contributed by atoms with Crippen LogP contribution in [0.15, 0.2) is 53.9 Å². The third-order valence-electron chi connectivity index (χ3n) is 3.37. The van der Waals surface area contributed by atoms with Crippen LogP contribution in [0.2, 0.25) is 0 Å². The maximum absolute atomic E-state index is 12.3. The van der Waals surface area contributed by atoms with Gasteiger partial charge in [0.05, 0.1) is 5.69 Å². The van der Waals surface area contributed by atoms with E-state index in [9.17, 15) is 4.79 Å². The zero-order valence-corrected chi connectivity index (χ0v) is 12.7. The Balaban J connectivity index is 1.55. The first-order valence-corrected chi connectivity index (χ1v) is 7.80. The number of nitrogens with one attached hydrogen (secondary N) is 2. The topological polar surface area (TPSA) is 83.6 Å². The molecule has 0 saturated heterocycles. The Kier molecular flexibility index (Phi) is 3.32. The number of nitrogens with zero attached hydrogens (tertiary/aromatic N) is 3. The number of carbonyl (C=O) groups is 1. The quantitative estimate of drug-likeness (QED) is 0.606. The molecule has 0 radical (unpaired) electrons. The Bertz CT molecular complexity index is 976. The van der Waals surface area contributed by atoms with Gasteiger partial charge in [0.15, 0.2) is 5.13 Å². The zero-order chi connectivity index (χ0) is 15.6. The van der Waals surface area contributed by atoms with Crippen LogP contribution in [0.5, 0.6) is 0 Å². The molecule has 0 unspecified atom stereocenters. The van der Waals surface area contributed by atoms with E-state index < -0.39 is 0 Å². The van der Waals surface area contributed by atoms with Crippen molar-refractivity contribution in [2.24, 2.45) is 0 Å². The number of thiazole rings is 1. The lowest BCUT2D eigenvalue weighted by molar-refractivity contribution is 0.102. The average molecular weight is 321 g/mol. The molecule has 0 aliphatic rings. The van der Waals surface area contributed by atoms with Gasteiger partial charge in [-0.1, -0.05) is 30.3 Å². The molecule has 7 heteroatoms. The van der Waals surface area contributed by atoms with E-state index in [2.05, 4.69) is 25.7 Å². The highest BCUT2D eigenvalue weighted by atomic mass is 32.1. The van der Waals surface area contributed by atoms with Crippen molar-refractivity contribution in [1.29, 1.82) is 0 Å². The predicted molar refractivity (Wildman–Crippen MR) is 89.4 cm³/mol. The minimum absolute atomic E-state index is 0.219. The van der Waals surface area contributed by atoms with E-state index in [1.165, 1.54) is 11.3 Å². The minimum atomic E-state index is -0.219. The van der Waals surface area contributed by atoms with Gasteiger partial charge >= 0.3 is 0 Å². The van der Waals surface area contributed by atoms with Gasteiger partial charge in [-0.2, -0.15) is 15.4 Å². The minimum Gasteiger partial charge on any atom is -0.298 e. The lowest BCUT2D eigenvalue weighted by Crippen LogP contribution is -2.11. The molecule has 2 N–H and O–H groups in total. The molecule has 4 aromatic rings. The lowest BCUT2D eigenvalue weighted by atomic mass is 10.2. The molecule has 6 nitrogen and oxygen atoms in total. The van der Waals surface area contributed by atoms with Crippen LogP contribution in [0, 0.1) is 0 Å². The van der Waals surface area contributed by atoms with Crippen molar-refractivity contribution in [1.82, 2.24) is 20.4 Å². The fourth-order valence-corrected chi connectivity index (χ4v) is 2.94. The molecule has 4 rings (SSSR count). The maximum Gasteiger partial charge on any atom is 0.257 e. The van der Waals surface area contributed by atoms with Crippen LogP contribution >= 0.6 is 11.3 Å². The molecule has 0 atom stereocenters. The molecule has 0 bridgehead atoms. The number of aromatic nitrogens is 4. The van der Waals surface area contributed by atoms with Crippen LogP contribution < -0.4 is 5.32 Å². The summed E-state index contributed by atoms with van der Waals surface area (Å²) in [6.07, 6.45) is 0. The van der Waals surface area contributed by atoms with Crippen LogP contribution in [0.25, 0.3) is 22.3 Å². The van der Waals surface area contributed by atoms with Crippen molar-refractivity contribution < 1.29 is 4.79 Å². The van der Waals surface area contributed by atoms with Crippen molar-refractivity contribution in [3.8, 4) is 11.3 Å². The highest BCUT2D eigenvalue weighted by Crippen LogP contribution is 2.25. The van der Waals surface area contributed by atoms with E-state index in [1.54, 1.807) is 18.2 Å². The van der Waals surface area contributed by atoms with Gasteiger partial charge in [-0.15, -0.1) is 11.3 Å². The summed E-state index contributed by atoms with van der Waals surface area (Å²) in [5.41, 5.74) is 3.76. The van der Waals surface area contributed by atoms with Crippen LogP contribution in [-0.4, -0.2) is 26.3 Å². The Morgan fingerprint density at radius 1 is 1.04 bits per heavy atom. The summed E-state index contributed by atoms with van der Waals surface area (Å²) < 4.78 is 0. The first kappa shape index (κ1) is 13.6.